The van der Waals surface area contributed by atoms with Crippen molar-refractivity contribution in [2.45, 2.75) is 0 Å². The zero-order valence-electron chi connectivity index (χ0n) is 6.27. The Hall–Kier alpha value is -1.84. The first kappa shape index (κ1) is 8.26. The second-order valence-corrected chi connectivity index (χ2v) is 2.23. The third-order valence-electron chi connectivity index (χ3n) is 1.45. The zero-order chi connectivity index (χ0) is 8.97. The first-order valence-corrected chi connectivity index (χ1v) is 3.31. The van der Waals surface area contributed by atoms with Gasteiger partial charge in [-0.2, -0.15) is 0 Å². The van der Waals surface area contributed by atoms with Crippen molar-refractivity contribution in [1.29, 1.82) is 0 Å². The van der Waals surface area contributed by atoms with Gasteiger partial charge < -0.3 is 10.9 Å². The normalized spacial score (nSPS) is 11.2. The van der Waals surface area contributed by atoms with Crippen molar-refractivity contribution in [2.24, 2.45) is 10.9 Å². The predicted molar refractivity (Wildman–Crippen MR) is 44.3 cm³/mol. The van der Waals surface area contributed by atoms with Crippen LogP contribution >= 0.6 is 0 Å². The van der Waals surface area contributed by atoms with E-state index in [1.165, 1.54) is 0 Å². The summed E-state index contributed by atoms with van der Waals surface area (Å²) in [5.41, 5.74) is 6.44. The maximum absolute atomic E-state index is 10.2. The molecule has 1 aromatic carbocycles. The van der Waals surface area contributed by atoms with E-state index in [0.717, 1.165) is 6.29 Å². The van der Waals surface area contributed by atoms with Crippen LogP contribution in [0.2, 0.25) is 0 Å². The lowest BCUT2D eigenvalue weighted by Gasteiger charge is -1.96. The molecule has 0 saturated heterocycles. The van der Waals surface area contributed by atoms with E-state index in [1.54, 1.807) is 24.3 Å². The Morgan fingerprint density at radius 1 is 1.42 bits per heavy atom. The quantitative estimate of drug-likeness (QED) is 0.221. The second kappa shape index (κ2) is 3.52. The SMILES string of the molecule is N/C(=N\O)c1ccc(C=O)cc1. The highest BCUT2D eigenvalue weighted by Gasteiger charge is 1.97. The lowest BCUT2D eigenvalue weighted by molar-refractivity contribution is 0.112. The number of carbonyl (C=O) groups is 1. The van der Waals surface area contributed by atoms with Gasteiger partial charge in [0.25, 0.3) is 0 Å². The summed E-state index contributed by atoms with van der Waals surface area (Å²) in [4.78, 5) is 10.2. The molecule has 12 heavy (non-hydrogen) atoms. The molecule has 0 heterocycles. The van der Waals surface area contributed by atoms with Crippen molar-refractivity contribution in [3.05, 3.63) is 35.4 Å². The van der Waals surface area contributed by atoms with Crippen molar-refractivity contribution in [3.63, 3.8) is 0 Å². The number of benzene rings is 1. The van der Waals surface area contributed by atoms with Crippen molar-refractivity contribution in [2.75, 3.05) is 0 Å². The molecular formula is C8H8N2O2. The summed E-state index contributed by atoms with van der Waals surface area (Å²) in [7, 11) is 0. The Morgan fingerprint density at radius 3 is 2.42 bits per heavy atom. The first-order chi connectivity index (χ1) is 5.77. The Balaban J connectivity index is 2.99. The summed E-state index contributed by atoms with van der Waals surface area (Å²) in [6.45, 7) is 0. The number of nitrogens with two attached hydrogens (primary N) is 1. The predicted octanol–water partition coefficient (Wildman–Crippen LogP) is 0.594. The molecule has 4 heteroatoms. The molecule has 0 bridgehead atoms. The maximum Gasteiger partial charge on any atom is 0.170 e. The number of rotatable bonds is 2. The summed E-state index contributed by atoms with van der Waals surface area (Å²) in [6, 6.07) is 6.41. The van der Waals surface area contributed by atoms with E-state index >= 15 is 0 Å². The highest BCUT2D eigenvalue weighted by Crippen LogP contribution is 2.01. The smallest absolute Gasteiger partial charge is 0.170 e. The number of carbonyl (C=O) groups excluding carboxylic acids is 1. The number of nitrogens with zero attached hydrogens (tertiary/aromatic N) is 1. The number of aldehydes is 1. The molecule has 0 atom stereocenters. The summed E-state index contributed by atoms with van der Waals surface area (Å²) in [6.07, 6.45) is 0.732. The largest absolute Gasteiger partial charge is 0.409 e. The molecule has 62 valence electrons. The monoisotopic (exact) mass is 164 g/mol. The highest BCUT2D eigenvalue weighted by molar-refractivity contribution is 5.97. The third kappa shape index (κ3) is 1.60. The van der Waals surface area contributed by atoms with Gasteiger partial charge in [-0.25, -0.2) is 0 Å². The third-order valence-corrected chi connectivity index (χ3v) is 1.45. The Labute approximate surface area is 69.3 Å². The van der Waals surface area contributed by atoms with Gasteiger partial charge in [-0.15, -0.1) is 0 Å². The summed E-state index contributed by atoms with van der Waals surface area (Å²) < 4.78 is 0. The number of hydrogen-bond acceptors (Lipinski definition) is 3. The molecule has 0 spiro atoms. The maximum atomic E-state index is 10.2. The minimum atomic E-state index is 0.0347. The van der Waals surface area contributed by atoms with Gasteiger partial charge >= 0.3 is 0 Å². The molecule has 0 aliphatic carbocycles. The molecule has 0 amide bonds. The molecule has 0 aromatic heterocycles. The summed E-state index contributed by atoms with van der Waals surface area (Å²) >= 11 is 0. The lowest BCUT2D eigenvalue weighted by Crippen LogP contribution is -2.12. The fourth-order valence-corrected chi connectivity index (χ4v) is 0.790. The van der Waals surface area contributed by atoms with Crippen LogP contribution in [-0.2, 0) is 0 Å². The van der Waals surface area contributed by atoms with E-state index in [-0.39, 0.29) is 5.84 Å². The Bertz CT molecular complexity index is 303. The van der Waals surface area contributed by atoms with Gasteiger partial charge in [-0.05, 0) is 0 Å². The molecule has 4 nitrogen and oxygen atoms in total. The van der Waals surface area contributed by atoms with Crippen LogP contribution in [0.15, 0.2) is 29.4 Å². The average molecular weight is 164 g/mol. The standard InChI is InChI=1S/C8H8N2O2/c9-8(10-12)7-3-1-6(5-11)2-4-7/h1-5,12H,(H2,9,10). The molecule has 3 N–H and O–H groups in total. The van der Waals surface area contributed by atoms with Crippen molar-refractivity contribution in [3.8, 4) is 0 Å². The first-order valence-electron chi connectivity index (χ1n) is 3.31. The van der Waals surface area contributed by atoms with Crippen LogP contribution in [0.25, 0.3) is 0 Å². The van der Waals surface area contributed by atoms with Crippen LogP contribution in [0, 0.1) is 0 Å². The van der Waals surface area contributed by atoms with Crippen LogP contribution < -0.4 is 5.73 Å². The van der Waals surface area contributed by atoms with Crippen molar-refractivity contribution in [1.82, 2.24) is 0 Å². The summed E-state index contributed by atoms with van der Waals surface area (Å²) in [5, 5.41) is 11.1. The average Bonchev–Trinajstić information content (AvgIpc) is 2.17. The number of amidine groups is 1. The van der Waals surface area contributed by atoms with Crippen LogP contribution in [0.3, 0.4) is 0 Å². The van der Waals surface area contributed by atoms with Crippen LogP contribution in [0.4, 0.5) is 0 Å². The lowest BCUT2D eigenvalue weighted by atomic mass is 10.1. The summed E-state index contributed by atoms with van der Waals surface area (Å²) in [5.74, 6) is 0.0347. The van der Waals surface area contributed by atoms with E-state index in [0.29, 0.717) is 11.1 Å². The second-order valence-electron chi connectivity index (χ2n) is 2.23. The van der Waals surface area contributed by atoms with Gasteiger partial charge in [-0.1, -0.05) is 29.4 Å². The van der Waals surface area contributed by atoms with E-state index in [4.69, 9.17) is 10.9 Å². The fraction of sp³-hybridized carbons (Fsp3) is 0. The molecule has 1 rings (SSSR count). The molecule has 0 aliphatic rings. The molecular weight excluding hydrogens is 156 g/mol. The molecule has 0 fully saturated rings. The Kier molecular flexibility index (Phi) is 2.42. The van der Waals surface area contributed by atoms with Gasteiger partial charge in [-0.3, -0.25) is 4.79 Å². The highest BCUT2D eigenvalue weighted by atomic mass is 16.4. The zero-order valence-corrected chi connectivity index (χ0v) is 6.27. The van der Waals surface area contributed by atoms with Gasteiger partial charge in [0.15, 0.2) is 5.84 Å². The van der Waals surface area contributed by atoms with Gasteiger partial charge in [0.1, 0.15) is 6.29 Å². The van der Waals surface area contributed by atoms with E-state index in [1.807, 2.05) is 0 Å². The number of hydrogen-bond donors (Lipinski definition) is 2. The van der Waals surface area contributed by atoms with Crippen LogP contribution in [0.1, 0.15) is 15.9 Å². The van der Waals surface area contributed by atoms with Crippen molar-refractivity contribution >= 4 is 12.1 Å². The van der Waals surface area contributed by atoms with Crippen LogP contribution in [-0.4, -0.2) is 17.3 Å². The van der Waals surface area contributed by atoms with E-state index in [2.05, 4.69) is 5.16 Å². The molecule has 0 aliphatic heterocycles. The fourth-order valence-electron chi connectivity index (χ4n) is 0.790. The van der Waals surface area contributed by atoms with Crippen LogP contribution in [0.5, 0.6) is 0 Å². The van der Waals surface area contributed by atoms with Gasteiger partial charge in [0, 0.05) is 11.1 Å². The van der Waals surface area contributed by atoms with E-state index in [9.17, 15) is 4.79 Å². The Morgan fingerprint density at radius 2 is 2.00 bits per heavy atom. The molecule has 0 saturated carbocycles. The van der Waals surface area contributed by atoms with Gasteiger partial charge in [0.05, 0.1) is 0 Å². The van der Waals surface area contributed by atoms with Gasteiger partial charge in [0.2, 0.25) is 0 Å². The molecule has 0 radical (unpaired) electrons. The van der Waals surface area contributed by atoms with E-state index < -0.39 is 0 Å². The topological polar surface area (TPSA) is 75.7 Å². The minimum absolute atomic E-state index is 0.0347. The molecule has 1 aromatic rings. The van der Waals surface area contributed by atoms with Crippen molar-refractivity contribution < 1.29 is 10.0 Å². The minimum Gasteiger partial charge on any atom is -0.409 e. The number of oxime groups is 1. The molecule has 0 unspecified atom stereocenters.